The van der Waals surface area contributed by atoms with Gasteiger partial charge in [-0.1, -0.05) is 64.2 Å². The van der Waals surface area contributed by atoms with Crippen molar-refractivity contribution in [2.75, 3.05) is 26.2 Å². The van der Waals surface area contributed by atoms with Gasteiger partial charge in [-0.15, -0.1) is 0 Å². The molecule has 0 heterocycles. The maximum atomic E-state index is 11.7. The average molecular weight is 339 g/mol. The minimum absolute atomic E-state index is 0.0650. The first-order valence-corrected chi connectivity index (χ1v) is 9.67. The van der Waals surface area contributed by atoms with E-state index >= 15 is 0 Å². The number of hydrogen-bond donors (Lipinski definition) is 2. The van der Waals surface area contributed by atoms with Crippen LogP contribution in [0.5, 0.6) is 0 Å². The summed E-state index contributed by atoms with van der Waals surface area (Å²) in [6.07, 6.45) is 18.3. The Morgan fingerprint density at radius 3 is 2.42 bits per heavy atom. The van der Waals surface area contributed by atoms with Crippen LogP contribution in [-0.2, 0) is 4.79 Å². The number of aliphatic hydroxyl groups excluding tert-OH is 1. The van der Waals surface area contributed by atoms with E-state index in [0.29, 0.717) is 19.5 Å². The highest BCUT2D eigenvalue weighted by Crippen LogP contribution is 2.03. The van der Waals surface area contributed by atoms with E-state index in [1.165, 1.54) is 38.5 Å². The molecule has 0 aromatic carbocycles. The molecule has 0 aromatic rings. The Morgan fingerprint density at radius 2 is 1.71 bits per heavy atom. The molecule has 0 unspecified atom stereocenters. The minimum atomic E-state index is 0.0650. The van der Waals surface area contributed by atoms with E-state index < -0.39 is 0 Å². The van der Waals surface area contributed by atoms with E-state index in [9.17, 15) is 4.79 Å². The van der Waals surface area contributed by atoms with Gasteiger partial charge in [0, 0.05) is 26.1 Å². The number of allylic oxidation sites excluding steroid dienone is 2. The predicted octanol–water partition coefficient (Wildman–Crippen LogP) is 4.02. The molecular weight excluding hydrogens is 300 g/mol. The van der Waals surface area contributed by atoms with E-state index in [2.05, 4.69) is 42.4 Å². The molecule has 4 heteroatoms. The lowest BCUT2D eigenvalue weighted by Gasteiger charge is -2.19. The van der Waals surface area contributed by atoms with Crippen LogP contribution in [0.1, 0.15) is 71.6 Å². The second-order valence-electron chi connectivity index (χ2n) is 6.16. The third-order valence-electron chi connectivity index (χ3n) is 3.84. The SMILES string of the molecule is CCCC/C=C/CC(=O)NCCN(/C=C/CCCCCC)CCO. The molecule has 24 heavy (non-hydrogen) atoms. The Hall–Kier alpha value is -1.29. The molecule has 4 nitrogen and oxygen atoms in total. The van der Waals surface area contributed by atoms with E-state index in [-0.39, 0.29) is 12.5 Å². The Kier molecular flexibility index (Phi) is 17.1. The largest absolute Gasteiger partial charge is 0.395 e. The molecule has 0 aromatic heterocycles. The summed E-state index contributed by atoms with van der Waals surface area (Å²) in [4.78, 5) is 13.8. The van der Waals surface area contributed by atoms with Crippen molar-refractivity contribution in [3.8, 4) is 0 Å². The molecule has 0 atom stereocenters. The van der Waals surface area contributed by atoms with E-state index in [1.807, 2.05) is 6.08 Å². The standard InChI is InChI=1S/C20H38N2O2/c1-3-5-7-9-11-13-16-22(18-19-23)17-15-21-20(24)14-12-10-8-6-4-2/h10,12-13,16,23H,3-9,11,14-15,17-19H2,1-2H3,(H,21,24)/b12-10+,16-13+. The van der Waals surface area contributed by atoms with Gasteiger partial charge in [-0.2, -0.15) is 0 Å². The second-order valence-corrected chi connectivity index (χ2v) is 6.16. The van der Waals surface area contributed by atoms with Crippen molar-refractivity contribution >= 4 is 5.91 Å². The molecule has 0 saturated heterocycles. The summed E-state index contributed by atoms with van der Waals surface area (Å²) in [7, 11) is 0. The van der Waals surface area contributed by atoms with Crippen molar-refractivity contribution in [2.45, 2.75) is 71.6 Å². The van der Waals surface area contributed by atoms with Crippen molar-refractivity contribution in [2.24, 2.45) is 0 Å². The lowest BCUT2D eigenvalue weighted by atomic mass is 10.1. The quantitative estimate of drug-likeness (QED) is 0.330. The normalized spacial score (nSPS) is 11.5. The van der Waals surface area contributed by atoms with Crippen molar-refractivity contribution < 1.29 is 9.90 Å². The number of aliphatic hydroxyl groups is 1. The number of carbonyl (C=O) groups excluding carboxylic acids is 1. The summed E-state index contributed by atoms with van der Waals surface area (Å²) >= 11 is 0. The molecule has 140 valence electrons. The minimum Gasteiger partial charge on any atom is -0.395 e. The topological polar surface area (TPSA) is 52.6 Å². The highest BCUT2D eigenvalue weighted by atomic mass is 16.3. The highest BCUT2D eigenvalue weighted by Gasteiger charge is 2.01. The maximum absolute atomic E-state index is 11.7. The molecule has 0 bridgehead atoms. The van der Waals surface area contributed by atoms with Crippen LogP contribution in [0.25, 0.3) is 0 Å². The predicted molar refractivity (Wildman–Crippen MR) is 103 cm³/mol. The number of hydrogen-bond acceptors (Lipinski definition) is 3. The molecule has 1 amide bonds. The Morgan fingerprint density at radius 1 is 0.958 bits per heavy atom. The number of unbranched alkanes of at least 4 members (excludes halogenated alkanes) is 6. The van der Waals surface area contributed by atoms with Crippen LogP contribution in [0.2, 0.25) is 0 Å². The molecule has 0 aliphatic rings. The first kappa shape index (κ1) is 22.7. The van der Waals surface area contributed by atoms with Crippen LogP contribution in [-0.4, -0.2) is 42.2 Å². The summed E-state index contributed by atoms with van der Waals surface area (Å²) in [6, 6.07) is 0. The van der Waals surface area contributed by atoms with Gasteiger partial charge in [-0.05, 0) is 25.5 Å². The van der Waals surface area contributed by atoms with Gasteiger partial charge in [0.2, 0.25) is 5.91 Å². The zero-order valence-corrected chi connectivity index (χ0v) is 15.8. The summed E-state index contributed by atoms with van der Waals surface area (Å²) < 4.78 is 0. The molecule has 0 fully saturated rings. The summed E-state index contributed by atoms with van der Waals surface area (Å²) in [6.45, 7) is 6.47. The molecule has 2 N–H and O–H groups in total. The fourth-order valence-corrected chi connectivity index (χ4v) is 2.34. The lowest BCUT2D eigenvalue weighted by molar-refractivity contribution is -0.120. The fraction of sp³-hybridized carbons (Fsp3) is 0.750. The van der Waals surface area contributed by atoms with Gasteiger partial charge in [-0.25, -0.2) is 0 Å². The second kappa shape index (κ2) is 18.1. The number of nitrogens with zero attached hydrogens (tertiary/aromatic N) is 1. The molecule has 0 spiro atoms. The van der Waals surface area contributed by atoms with E-state index in [1.54, 1.807) is 0 Å². The first-order valence-electron chi connectivity index (χ1n) is 9.67. The zero-order valence-electron chi connectivity index (χ0n) is 15.8. The van der Waals surface area contributed by atoms with E-state index in [0.717, 1.165) is 19.4 Å². The van der Waals surface area contributed by atoms with Crippen molar-refractivity contribution in [3.05, 3.63) is 24.4 Å². The lowest BCUT2D eigenvalue weighted by Crippen LogP contribution is -2.33. The van der Waals surface area contributed by atoms with Gasteiger partial charge in [0.1, 0.15) is 0 Å². The van der Waals surface area contributed by atoms with Crippen LogP contribution < -0.4 is 5.32 Å². The molecular formula is C20H38N2O2. The monoisotopic (exact) mass is 338 g/mol. The Labute approximate surface area is 149 Å². The Bertz CT molecular complexity index is 341. The summed E-state index contributed by atoms with van der Waals surface area (Å²) in [5.74, 6) is 0.0650. The summed E-state index contributed by atoms with van der Waals surface area (Å²) in [5, 5.41) is 12.1. The third kappa shape index (κ3) is 15.6. The maximum Gasteiger partial charge on any atom is 0.223 e. The highest BCUT2D eigenvalue weighted by molar-refractivity contribution is 5.77. The van der Waals surface area contributed by atoms with Crippen molar-refractivity contribution in [3.63, 3.8) is 0 Å². The molecule has 0 radical (unpaired) electrons. The van der Waals surface area contributed by atoms with Crippen LogP contribution in [0.4, 0.5) is 0 Å². The van der Waals surface area contributed by atoms with Crippen LogP contribution in [0.15, 0.2) is 24.4 Å². The van der Waals surface area contributed by atoms with Crippen LogP contribution in [0.3, 0.4) is 0 Å². The van der Waals surface area contributed by atoms with Gasteiger partial charge in [0.15, 0.2) is 0 Å². The fourth-order valence-electron chi connectivity index (χ4n) is 2.34. The molecule has 0 rings (SSSR count). The number of carbonyl (C=O) groups is 1. The van der Waals surface area contributed by atoms with Gasteiger partial charge in [0.25, 0.3) is 0 Å². The summed E-state index contributed by atoms with van der Waals surface area (Å²) in [5.41, 5.74) is 0. The van der Waals surface area contributed by atoms with Crippen molar-refractivity contribution in [1.29, 1.82) is 0 Å². The van der Waals surface area contributed by atoms with Gasteiger partial charge in [-0.3, -0.25) is 4.79 Å². The first-order chi connectivity index (χ1) is 11.7. The van der Waals surface area contributed by atoms with E-state index in [4.69, 9.17) is 5.11 Å². The third-order valence-corrected chi connectivity index (χ3v) is 3.84. The van der Waals surface area contributed by atoms with Gasteiger partial charge in [0.05, 0.1) is 6.61 Å². The Balaban J connectivity index is 3.84. The van der Waals surface area contributed by atoms with Crippen molar-refractivity contribution in [1.82, 2.24) is 10.2 Å². The molecule has 0 saturated carbocycles. The zero-order chi connectivity index (χ0) is 17.9. The molecule has 0 aliphatic carbocycles. The number of nitrogens with one attached hydrogen (secondary N) is 1. The number of amides is 1. The number of rotatable bonds is 16. The molecule has 0 aliphatic heterocycles. The van der Waals surface area contributed by atoms with Gasteiger partial charge >= 0.3 is 0 Å². The van der Waals surface area contributed by atoms with Crippen LogP contribution in [0, 0.1) is 0 Å². The smallest absolute Gasteiger partial charge is 0.223 e. The van der Waals surface area contributed by atoms with Crippen LogP contribution >= 0.6 is 0 Å². The average Bonchev–Trinajstić information content (AvgIpc) is 2.57. The van der Waals surface area contributed by atoms with Gasteiger partial charge < -0.3 is 15.3 Å².